The summed E-state index contributed by atoms with van der Waals surface area (Å²) in [6.07, 6.45) is 1.52. The SMILES string of the molecule is Cc1c(Cl)cccc1N=C(O)/C(C#N)=c1\s/c(=C\c2cn(-c3ccccc3)nc2-c2cccnc2)c(=O)n1-c1ccccc1C(F)(F)F. The van der Waals surface area contributed by atoms with Crippen LogP contribution in [0.15, 0.2) is 113 Å². The van der Waals surface area contributed by atoms with E-state index in [-0.39, 0.29) is 14.9 Å². The van der Waals surface area contributed by atoms with Crippen LogP contribution in [-0.2, 0) is 6.18 Å². The van der Waals surface area contributed by atoms with Gasteiger partial charge in [-0.2, -0.15) is 23.5 Å². The number of para-hydroxylation sites is 2. The smallest absolute Gasteiger partial charge is 0.418 e. The summed E-state index contributed by atoms with van der Waals surface area (Å²) in [6, 6.07) is 23.8. The Morgan fingerprint density at radius 2 is 1.79 bits per heavy atom. The van der Waals surface area contributed by atoms with Gasteiger partial charge in [0.2, 0.25) is 5.90 Å². The number of aliphatic hydroxyl groups excluding tert-OH is 1. The quantitative estimate of drug-likeness (QED) is 0.152. The summed E-state index contributed by atoms with van der Waals surface area (Å²) in [5, 5.41) is 26.4. The number of hydrogen-bond acceptors (Lipinski definition) is 6. The summed E-state index contributed by atoms with van der Waals surface area (Å²) in [5.41, 5.74) is 0.00527. The molecule has 0 fully saturated rings. The number of nitrogens with zero attached hydrogens (tertiary/aromatic N) is 6. The molecule has 13 heteroatoms. The van der Waals surface area contributed by atoms with Crippen molar-refractivity contribution in [2.24, 2.45) is 4.99 Å². The minimum Gasteiger partial charge on any atom is -0.492 e. The van der Waals surface area contributed by atoms with Crippen molar-refractivity contribution >= 4 is 46.2 Å². The van der Waals surface area contributed by atoms with E-state index in [1.54, 1.807) is 60.5 Å². The molecule has 238 valence electrons. The van der Waals surface area contributed by atoms with Gasteiger partial charge in [-0.05, 0) is 67.1 Å². The Balaban J connectivity index is 1.68. The van der Waals surface area contributed by atoms with Crippen molar-refractivity contribution in [1.29, 1.82) is 5.26 Å². The summed E-state index contributed by atoms with van der Waals surface area (Å²) in [4.78, 5) is 22.5. The first-order valence-electron chi connectivity index (χ1n) is 14.2. The van der Waals surface area contributed by atoms with Gasteiger partial charge in [0, 0.05) is 34.7 Å². The van der Waals surface area contributed by atoms with Crippen LogP contribution < -0.4 is 14.8 Å². The maximum atomic E-state index is 14.3. The monoisotopic (exact) mass is 682 g/mol. The highest BCUT2D eigenvalue weighted by Gasteiger charge is 2.34. The maximum absolute atomic E-state index is 14.3. The van der Waals surface area contributed by atoms with E-state index in [0.717, 1.165) is 33.7 Å². The lowest BCUT2D eigenvalue weighted by Crippen LogP contribution is -2.33. The zero-order valence-corrected chi connectivity index (χ0v) is 26.4. The van der Waals surface area contributed by atoms with Gasteiger partial charge in [0.15, 0.2) is 0 Å². The summed E-state index contributed by atoms with van der Waals surface area (Å²) >= 11 is 6.94. The minimum atomic E-state index is -4.84. The number of halogens is 4. The molecule has 0 aliphatic heterocycles. The van der Waals surface area contributed by atoms with E-state index >= 15 is 0 Å². The highest BCUT2D eigenvalue weighted by atomic mass is 35.5. The topological polar surface area (TPSA) is 109 Å². The first-order valence-corrected chi connectivity index (χ1v) is 15.4. The molecule has 0 aliphatic carbocycles. The van der Waals surface area contributed by atoms with Gasteiger partial charge < -0.3 is 5.11 Å². The number of aliphatic hydroxyl groups is 1. The van der Waals surface area contributed by atoms with Crippen molar-refractivity contribution < 1.29 is 18.3 Å². The fourth-order valence-corrected chi connectivity index (χ4v) is 6.19. The van der Waals surface area contributed by atoms with Crippen LogP contribution >= 0.6 is 22.9 Å². The molecule has 0 spiro atoms. The van der Waals surface area contributed by atoms with E-state index in [1.807, 2.05) is 36.4 Å². The van der Waals surface area contributed by atoms with E-state index < -0.39 is 34.5 Å². The van der Waals surface area contributed by atoms with Gasteiger partial charge in [-0.1, -0.05) is 48.0 Å². The number of hydrogen-bond donors (Lipinski definition) is 1. The van der Waals surface area contributed by atoms with Crippen LogP contribution in [0.2, 0.25) is 5.02 Å². The lowest BCUT2D eigenvalue weighted by molar-refractivity contribution is -0.137. The minimum absolute atomic E-state index is 0.0285. The number of thiazole rings is 1. The predicted octanol–water partition coefficient (Wildman–Crippen LogP) is 6.92. The van der Waals surface area contributed by atoms with Gasteiger partial charge in [0.25, 0.3) is 5.56 Å². The molecule has 1 N–H and O–H groups in total. The van der Waals surface area contributed by atoms with E-state index in [1.165, 1.54) is 18.2 Å². The van der Waals surface area contributed by atoms with Crippen LogP contribution in [0.3, 0.4) is 0 Å². The second-order valence-electron chi connectivity index (χ2n) is 10.3. The normalized spacial score (nSPS) is 13.0. The molecule has 0 saturated carbocycles. The van der Waals surface area contributed by atoms with E-state index in [4.69, 9.17) is 16.7 Å². The summed E-state index contributed by atoms with van der Waals surface area (Å²) < 4.78 is 44.9. The number of pyridine rings is 1. The van der Waals surface area contributed by atoms with Crippen LogP contribution in [0, 0.1) is 18.3 Å². The molecule has 0 bridgehead atoms. The highest BCUT2D eigenvalue weighted by molar-refractivity contribution is 7.07. The molecule has 0 aliphatic rings. The average Bonchev–Trinajstić information content (AvgIpc) is 3.65. The molecule has 3 heterocycles. The van der Waals surface area contributed by atoms with Crippen molar-refractivity contribution in [3.05, 3.63) is 145 Å². The molecular weight excluding hydrogens is 661 g/mol. The molecule has 0 saturated heterocycles. The third kappa shape index (κ3) is 6.29. The molecule has 48 heavy (non-hydrogen) atoms. The second-order valence-corrected chi connectivity index (χ2v) is 11.8. The largest absolute Gasteiger partial charge is 0.492 e. The number of aliphatic imine (C=N–C) groups is 1. The average molecular weight is 683 g/mol. The Hall–Kier alpha value is -5.77. The first kappa shape index (κ1) is 32.2. The van der Waals surface area contributed by atoms with Crippen LogP contribution in [0.5, 0.6) is 0 Å². The predicted molar refractivity (Wildman–Crippen MR) is 179 cm³/mol. The first-order chi connectivity index (χ1) is 23.1. The third-order valence-corrected chi connectivity index (χ3v) is 8.78. The Kier molecular flexibility index (Phi) is 8.82. The van der Waals surface area contributed by atoms with E-state index in [0.29, 0.717) is 27.4 Å². The van der Waals surface area contributed by atoms with Crippen LogP contribution in [-0.4, -0.2) is 30.3 Å². The van der Waals surface area contributed by atoms with Crippen LogP contribution in [0.4, 0.5) is 18.9 Å². The molecule has 0 atom stereocenters. The molecule has 3 aromatic heterocycles. The highest BCUT2D eigenvalue weighted by Crippen LogP contribution is 2.33. The molecule has 0 unspecified atom stereocenters. The molecule has 0 amide bonds. The fourth-order valence-electron chi connectivity index (χ4n) is 4.93. The Labute approximate surface area is 279 Å². The fraction of sp³-hybridized carbons (Fsp3) is 0.0571. The lowest BCUT2D eigenvalue weighted by atomic mass is 10.1. The van der Waals surface area contributed by atoms with Crippen molar-refractivity contribution in [1.82, 2.24) is 19.3 Å². The zero-order valence-electron chi connectivity index (χ0n) is 24.9. The number of nitriles is 1. The molecule has 0 radical (unpaired) electrons. The van der Waals surface area contributed by atoms with Crippen LogP contribution in [0.1, 0.15) is 16.7 Å². The number of aromatic nitrogens is 4. The molecule has 6 aromatic rings. The van der Waals surface area contributed by atoms with Crippen molar-refractivity contribution in [3.8, 4) is 28.7 Å². The summed E-state index contributed by atoms with van der Waals surface area (Å²) in [5.74, 6) is -0.804. The number of rotatable bonds is 6. The van der Waals surface area contributed by atoms with Crippen molar-refractivity contribution in [2.75, 3.05) is 0 Å². The lowest BCUT2D eigenvalue weighted by Gasteiger charge is -2.13. The van der Waals surface area contributed by atoms with Gasteiger partial charge in [0.05, 0.1) is 27.2 Å². The van der Waals surface area contributed by atoms with Gasteiger partial charge in [-0.25, -0.2) is 9.67 Å². The molecule has 3 aromatic carbocycles. The third-order valence-electron chi connectivity index (χ3n) is 7.27. The van der Waals surface area contributed by atoms with Crippen molar-refractivity contribution in [3.63, 3.8) is 0 Å². The van der Waals surface area contributed by atoms with Gasteiger partial charge in [0.1, 0.15) is 22.0 Å². The Bertz CT molecular complexity index is 2410. The Morgan fingerprint density at radius 1 is 1.04 bits per heavy atom. The van der Waals surface area contributed by atoms with Gasteiger partial charge >= 0.3 is 6.18 Å². The van der Waals surface area contributed by atoms with E-state index in [2.05, 4.69) is 9.98 Å². The van der Waals surface area contributed by atoms with Gasteiger partial charge in [-0.3, -0.25) is 14.3 Å². The maximum Gasteiger partial charge on any atom is 0.418 e. The number of benzene rings is 3. The number of alkyl halides is 3. The van der Waals surface area contributed by atoms with Crippen LogP contribution in [0.25, 0.3) is 34.3 Å². The zero-order chi connectivity index (χ0) is 34.0. The Morgan fingerprint density at radius 3 is 2.50 bits per heavy atom. The molecular formula is C35H22ClF3N6O2S. The van der Waals surface area contributed by atoms with Crippen molar-refractivity contribution in [2.45, 2.75) is 13.1 Å². The van der Waals surface area contributed by atoms with Gasteiger partial charge in [-0.15, -0.1) is 11.3 Å². The molecule has 8 nitrogen and oxygen atoms in total. The second kappa shape index (κ2) is 13.2. The van der Waals surface area contributed by atoms with E-state index in [9.17, 15) is 28.3 Å². The standard InChI is InChI=1S/C35H22ClF3N6O2S/c1-21-27(36)13-7-14-28(21)42-32(46)25(18-40)34-45(29-15-6-5-12-26(29)35(37,38)39)33(47)30(48-34)17-23-20-44(24-10-3-2-4-11-24)43-31(23)22-9-8-16-41-19-22/h2-17,19-20H,1H3,(H,42,46)/b30-17-,34-25-. The summed E-state index contributed by atoms with van der Waals surface area (Å²) in [6.45, 7) is 1.66. The molecule has 6 rings (SSSR count). The summed E-state index contributed by atoms with van der Waals surface area (Å²) in [7, 11) is 0.